The second-order valence-electron chi connectivity index (χ2n) is 8.84. The molecule has 4 rings (SSSR count). The molecule has 1 aromatic rings. The first kappa shape index (κ1) is 24.8. The Morgan fingerprint density at radius 3 is 2.71 bits per heavy atom. The molecule has 3 aliphatic heterocycles. The molecule has 3 aliphatic rings. The van der Waals surface area contributed by atoms with Gasteiger partial charge in [0.2, 0.25) is 17.7 Å². The summed E-state index contributed by atoms with van der Waals surface area (Å²) in [4.78, 5) is 64.9. The molecule has 12 heteroatoms. The molecule has 35 heavy (non-hydrogen) atoms. The van der Waals surface area contributed by atoms with Crippen LogP contribution in [0.1, 0.15) is 40.0 Å². The summed E-state index contributed by atoms with van der Waals surface area (Å²) in [6, 6.07) is 3.89. The highest BCUT2D eigenvalue weighted by atomic mass is 16.5. The number of imide groups is 2. The van der Waals surface area contributed by atoms with Crippen LogP contribution in [-0.2, 0) is 19.1 Å². The topological polar surface area (TPSA) is 163 Å². The number of anilines is 1. The minimum absolute atomic E-state index is 0.0469. The number of ether oxygens (including phenoxy) is 1. The normalized spacial score (nSPS) is 22.4. The van der Waals surface area contributed by atoms with E-state index < -0.39 is 29.7 Å². The standard InChI is InChI=1S/C23H30N6O6/c24-14-6-8-28(13-14)9-11-35-10-7-25-19(31)12-26-16-3-1-2-15-20(16)23(34)29(22(15)33)17-4-5-18(30)27-21(17)32/h1-3,14,17,26H,4-13,24H2,(H,25,31)(H,27,30,32). The molecule has 2 fully saturated rings. The summed E-state index contributed by atoms with van der Waals surface area (Å²) in [5, 5.41) is 7.81. The van der Waals surface area contributed by atoms with Crippen molar-refractivity contribution in [1.29, 1.82) is 0 Å². The lowest BCUT2D eigenvalue weighted by molar-refractivity contribution is -0.136. The fourth-order valence-corrected chi connectivity index (χ4v) is 4.52. The maximum atomic E-state index is 13.1. The van der Waals surface area contributed by atoms with Crippen molar-refractivity contribution >= 4 is 35.2 Å². The van der Waals surface area contributed by atoms with E-state index in [-0.39, 0.29) is 42.5 Å². The van der Waals surface area contributed by atoms with Crippen molar-refractivity contribution in [3.8, 4) is 0 Å². The maximum Gasteiger partial charge on any atom is 0.264 e. The number of piperidine rings is 1. The zero-order valence-electron chi connectivity index (χ0n) is 19.4. The van der Waals surface area contributed by atoms with Gasteiger partial charge in [-0.05, 0) is 31.5 Å². The Kier molecular flexibility index (Phi) is 7.73. The molecule has 0 aromatic heterocycles. The minimum Gasteiger partial charge on any atom is -0.378 e. The molecule has 12 nitrogen and oxygen atoms in total. The lowest BCUT2D eigenvalue weighted by Crippen LogP contribution is -2.54. The molecular formula is C23H30N6O6. The fourth-order valence-electron chi connectivity index (χ4n) is 4.52. The van der Waals surface area contributed by atoms with E-state index in [1.807, 2.05) is 0 Å². The van der Waals surface area contributed by atoms with E-state index in [4.69, 9.17) is 10.5 Å². The summed E-state index contributed by atoms with van der Waals surface area (Å²) in [7, 11) is 0. The van der Waals surface area contributed by atoms with Crippen molar-refractivity contribution in [3.63, 3.8) is 0 Å². The smallest absolute Gasteiger partial charge is 0.264 e. The number of nitrogens with zero attached hydrogens (tertiary/aromatic N) is 2. The third-order valence-electron chi connectivity index (χ3n) is 6.34. The summed E-state index contributed by atoms with van der Waals surface area (Å²) in [6.07, 6.45) is 1.13. The molecule has 1 aromatic carbocycles. The SMILES string of the molecule is NC1CCN(CCOCCNC(=O)CNc2cccc3c2C(=O)N(C2CCC(=O)NC2=O)C3=O)C1. The highest BCUT2D eigenvalue weighted by Gasteiger charge is 2.45. The number of rotatable bonds is 10. The maximum absolute atomic E-state index is 13.1. The lowest BCUT2D eigenvalue weighted by Gasteiger charge is -2.27. The molecule has 0 spiro atoms. The zero-order valence-corrected chi connectivity index (χ0v) is 19.4. The summed E-state index contributed by atoms with van der Waals surface area (Å²) in [6.45, 7) is 3.85. The largest absolute Gasteiger partial charge is 0.378 e. The summed E-state index contributed by atoms with van der Waals surface area (Å²) >= 11 is 0. The van der Waals surface area contributed by atoms with Crippen molar-refractivity contribution < 1.29 is 28.7 Å². The Morgan fingerprint density at radius 2 is 1.97 bits per heavy atom. The van der Waals surface area contributed by atoms with Crippen molar-refractivity contribution in [2.24, 2.45) is 5.73 Å². The number of fused-ring (bicyclic) bond motifs is 1. The highest BCUT2D eigenvalue weighted by molar-refractivity contribution is 6.25. The van der Waals surface area contributed by atoms with Gasteiger partial charge in [-0.3, -0.25) is 39.1 Å². The molecule has 2 saturated heterocycles. The Labute approximate surface area is 202 Å². The van der Waals surface area contributed by atoms with Gasteiger partial charge in [-0.15, -0.1) is 0 Å². The second kappa shape index (κ2) is 10.9. The van der Waals surface area contributed by atoms with Gasteiger partial charge >= 0.3 is 0 Å². The quantitative estimate of drug-likeness (QED) is 0.232. The summed E-state index contributed by atoms with van der Waals surface area (Å²) in [5.74, 6) is -2.62. The van der Waals surface area contributed by atoms with Crippen LogP contribution in [0.15, 0.2) is 18.2 Å². The predicted octanol–water partition coefficient (Wildman–Crippen LogP) is -1.33. The average molecular weight is 487 g/mol. The van der Waals surface area contributed by atoms with Crippen LogP contribution in [0.2, 0.25) is 0 Å². The van der Waals surface area contributed by atoms with E-state index in [0.717, 1.165) is 31.0 Å². The van der Waals surface area contributed by atoms with Gasteiger partial charge in [-0.1, -0.05) is 6.07 Å². The first-order valence-corrected chi connectivity index (χ1v) is 11.8. The molecule has 5 amide bonds. The molecule has 3 heterocycles. The Hall–Kier alpha value is -3.35. The third-order valence-corrected chi connectivity index (χ3v) is 6.34. The number of carbonyl (C=O) groups excluding carboxylic acids is 5. The van der Waals surface area contributed by atoms with Gasteiger partial charge in [0.25, 0.3) is 11.8 Å². The van der Waals surface area contributed by atoms with Crippen molar-refractivity contribution in [1.82, 2.24) is 20.4 Å². The van der Waals surface area contributed by atoms with Gasteiger partial charge in [0.15, 0.2) is 0 Å². The van der Waals surface area contributed by atoms with Gasteiger partial charge in [-0.2, -0.15) is 0 Å². The van der Waals surface area contributed by atoms with Crippen molar-refractivity contribution in [2.45, 2.75) is 31.3 Å². The number of carbonyl (C=O) groups is 5. The lowest BCUT2D eigenvalue weighted by atomic mass is 10.0. The summed E-state index contributed by atoms with van der Waals surface area (Å²) < 4.78 is 5.56. The number of hydrogen-bond donors (Lipinski definition) is 4. The van der Waals surface area contributed by atoms with Gasteiger partial charge < -0.3 is 21.1 Å². The Bertz CT molecular complexity index is 1030. The predicted molar refractivity (Wildman–Crippen MR) is 124 cm³/mol. The van der Waals surface area contributed by atoms with Gasteiger partial charge in [0, 0.05) is 37.8 Å². The third kappa shape index (κ3) is 5.66. The van der Waals surface area contributed by atoms with Crippen LogP contribution in [0.5, 0.6) is 0 Å². The minimum atomic E-state index is -1.04. The Morgan fingerprint density at radius 1 is 1.14 bits per heavy atom. The van der Waals surface area contributed by atoms with Crippen LogP contribution in [-0.4, -0.2) is 97.4 Å². The molecule has 0 radical (unpaired) electrons. The number of benzene rings is 1. The average Bonchev–Trinajstić information content (AvgIpc) is 3.36. The van der Waals surface area contributed by atoms with Gasteiger partial charge in [-0.25, -0.2) is 0 Å². The molecule has 0 saturated carbocycles. The van der Waals surface area contributed by atoms with Crippen molar-refractivity contribution in [2.75, 3.05) is 51.3 Å². The molecular weight excluding hydrogens is 456 g/mol. The van der Waals surface area contributed by atoms with E-state index in [9.17, 15) is 24.0 Å². The summed E-state index contributed by atoms with van der Waals surface area (Å²) in [5.41, 5.74) is 6.46. The number of amides is 5. The number of nitrogens with one attached hydrogen (secondary N) is 3. The molecule has 2 unspecified atom stereocenters. The number of hydrogen-bond acceptors (Lipinski definition) is 9. The molecule has 188 valence electrons. The van der Waals surface area contributed by atoms with Crippen LogP contribution >= 0.6 is 0 Å². The number of likely N-dealkylation sites (tertiary alicyclic amines) is 1. The van der Waals surface area contributed by atoms with Crippen molar-refractivity contribution in [3.05, 3.63) is 29.3 Å². The zero-order chi connectivity index (χ0) is 24.9. The monoisotopic (exact) mass is 486 g/mol. The van der Waals surface area contributed by atoms with E-state index in [1.165, 1.54) is 6.07 Å². The van der Waals surface area contributed by atoms with E-state index >= 15 is 0 Å². The first-order chi connectivity index (χ1) is 16.8. The van der Waals surface area contributed by atoms with Gasteiger partial charge in [0.05, 0.1) is 30.9 Å². The van der Waals surface area contributed by atoms with Crippen LogP contribution in [0.4, 0.5) is 5.69 Å². The van der Waals surface area contributed by atoms with E-state index in [0.29, 0.717) is 25.4 Å². The van der Waals surface area contributed by atoms with Crippen LogP contribution in [0.3, 0.4) is 0 Å². The van der Waals surface area contributed by atoms with E-state index in [2.05, 4.69) is 20.9 Å². The molecule has 5 N–H and O–H groups in total. The van der Waals surface area contributed by atoms with Crippen LogP contribution in [0, 0.1) is 0 Å². The molecule has 0 aliphatic carbocycles. The molecule has 0 bridgehead atoms. The highest BCUT2D eigenvalue weighted by Crippen LogP contribution is 2.32. The number of nitrogens with two attached hydrogens (primary N) is 1. The van der Waals surface area contributed by atoms with E-state index in [1.54, 1.807) is 12.1 Å². The Balaban J connectivity index is 1.24. The second-order valence-corrected chi connectivity index (χ2v) is 8.84. The fraction of sp³-hybridized carbons (Fsp3) is 0.522. The first-order valence-electron chi connectivity index (χ1n) is 11.8. The van der Waals surface area contributed by atoms with Crippen LogP contribution in [0.25, 0.3) is 0 Å². The molecule has 2 atom stereocenters. The van der Waals surface area contributed by atoms with Crippen LogP contribution < -0.4 is 21.7 Å². The van der Waals surface area contributed by atoms with Gasteiger partial charge in [0.1, 0.15) is 6.04 Å².